The normalized spacial score (nSPS) is 17.8. The van der Waals surface area contributed by atoms with Crippen LogP contribution in [0.4, 0.5) is 5.95 Å². The molecule has 0 spiro atoms. The summed E-state index contributed by atoms with van der Waals surface area (Å²) in [5, 5.41) is 3.76. The Morgan fingerprint density at radius 2 is 2.13 bits per heavy atom. The van der Waals surface area contributed by atoms with Gasteiger partial charge in [-0.05, 0) is 59.7 Å². The maximum Gasteiger partial charge on any atom is 0.251 e. The predicted molar refractivity (Wildman–Crippen MR) is 98.9 cm³/mol. The van der Waals surface area contributed by atoms with Gasteiger partial charge in [-0.1, -0.05) is 11.6 Å². The van der Waals surface area contributed by atoms with E-state index in [0.717, 1.165) is 29.5 Å². The van der Waals surface area contributed by atoms with Gasteiger partial charge in [0.25, 0.3) is 5.91 Å². The van der Waals surface area contributed by atoms with Crippen molar-refractivity contribution in [3.63, 3.8) is 0 Å². The van der Waals surface area contributed by atoms with Crippen LogP contribution in [0.15, 0.2) is 36.7 Å². The number of benzene rings is 1. The summed E-state index contributed by atoms with van der Waals surface area (Å²) >= 11 is 8.13. The molecule has 120 valence electrons. The third-order valence-corrected chi connectivity index (χ3v) is 5.31. The molecule has 3 rings (SSSR count). The van der Waals surface area contributed by atoms with Crippen LogP contribution in [-0.4, -0.2) is 35.0 Å². The zero-order valence-electron chi connectivity index (χ0n) is 12.4. The lowest BCUT2D eigenvalue weighted by Crippen LogP contribution is -2.48. The maximum absolute atomic E-state index is 12.4. The largest absolute Gasteiger partial charge is 0.348 e. The van der Waals surface area contributed by atoms with Crippen molar-refractivity contribution < 1.29 is 4.79 Å². The van der Waals surface area contributed by atoms with E-state index in [4.69, 9.17) is 11.6 Å². The SMILES string of the molecule is O=C(NC1CCCN(c2ncccn2)C1)c1ccc(Cl)c(I)c1. The summed E-state index contributed by atoms with van der Waals surface area (Å²) in [6.07, 6.45) is 5.43. The molecule has 1 aliphatic rings. The van der Waals surface area contributed by atoms with Crippen molar-refractivity contribution in [3.05, 3.63) is 50.8 Å². The van der Waals surface area contributed by atoms with Gasteiger partial charge < -0.3 is 10.2 Å². The first-order chi connectivity index (χ1) is 11.1. The van der Waals surface area contributed by atoms with Crippen LogP contribution in [0.1, 0.15) is 23.2 Å². The van der Waals surface area contributed by atoms with Gasteiger partial charge in [0.15, 0.2) is 0 Å². The number of carbonyl (C=O) groups excluding carboxylic acids is 1. The number of anilines is 1. The second-order valence-corrected chi connectivity index (χ2v) is 7.01. The van der Waals surface area contributed by atoms with Crippen LogP contribution < -0.4 is 10.2 Å². The van der Waals surface area contributed by atoms with Gasteiger partial charge in [-0.3, -0.25) is 4.79 Å². The van der Waals surface area contributed by atoms with Crippen molar-refractivity contribution in [2.45, 2.75) is 18.9 Å². The topological polar surface area (TPSA) is 58.1 Å². The van der Waals surface area contributed by atoms with E-state index in [-0.39, 0.29) is 11.9 Å². The highest BCUT2D eigenvalue weighted by atomic mass is 127. The van der Waals surface area contributed by atoms with Crippen LogP contribution in [0, 0.1) is 3.57 Å². The Balaban J connectivity index is 1.65. The van der Waals surface area contributed by atoms with Gasteiger partial charge in [0.2, 0.25) is 5.95 Å². The molecule has 2 aromatic rings. The van der Waals surface area contributed by atoms with E-state index in [9.17, 15) is 4.79 Å². The van der Waals surface area contributed by atoms with E-state index in [2.05, 4.69) is 42.8 Å². The molecule has 1 unspecified atom stereocenters. The minimum Gasteiger partial charge on any atom is -0.348 e. The average Bonchev–Trinajstić information content (AvgIpc) is 2.58. The molecular formula is C16H16ClIN4O. The van der Waals surface area contributed by atoms with Crippen molar-refractivity contribution in [3.8, 4) is 0 Å². The van der Waals surface area contributed by atoms with E-state index in [1.54, 1.807) is 36.7 Å². The number of piperidine rings is 1. The monoisotopic (exact) mass is 442 g/mol. The molecule has 0 saturated carbocycles. The standard InChI is InChI=1S/C16H16ClIN4O/c17-13-5-4-11(9-14(13)18)15(23)21-12-3-1-8-22(10-12)16-19-6-2-7-20-16/h2,4-7,9,12H,1,3,8,10H2,(H,21,23). The first kappa shape index (κ1) is 16.4. The van der Waals surface area contributed by atoms with Crippen LogP contribution in [0.3, 0.4) is 0 Å². The number of nitrogens with zero attached hydrogens (tertiary/aromatic N) is 3. The summed E-state index contributed by atoms with van der Waals surface area (Å²) in [4.78, 5) is 23.1. The lowest BCUT2D eigenvalue weighted by Gasteiger charge is -2.33. The predicted octanol–water partition coefficient (Wildman–Crippen LogP) is 3.13. The summed E-state index contributed by atoms with van der Waals surface area (Å²) < 4.78 is 0.875. The molecule has 1 aliphatic heterocycles. The number of rotatable bonds is 3. The second-order valence-electron chi connectivity index (χ2n) is 5.44. The van der Waals surface area contributed by atoms with Crippen LogP contribution in [-0.2, 0) is 0 Å². The van der Waals surface area contributed by atoms with Crippen molar-refractivity contribution in [2.75, 3.05) is 18.0 Å². The average molecular weight is 443 g/mol. The van der Waals surface area contributed by atoms with E-state index in [0.29, 0.717) is 16.5 Å². The molecule has 0 aliphatic carbocycles. The molecule has 1 N–H and O–H groups in total. The minimum absolute atomic E-state index is 0.0691. The number of carbonyl (C=O) groups is 1. The number of halogens is 2. The van der Waals surface area contributed by atoms with Crippen molar-refractivity contribution in [2.24, 2.45) is 0 Å². The van der Waals surface area contributed by atoms with Crippen molar-refractivity contribution in [1.82, 2.24) is 15.3 Å². The fourth-order valence-corrected chi connectivity index (χ4v) is 3.27. The number of hydrogen-bond donors (Lipinski definition) is 1. The fraction of sp³-hybridized carbons (Fsp3) is 0.312. The first-order valence-electron chi connectivity index (χ1n) is 7.41. The molecule has 23 heavy (non-hydrogen) atoms. The van der Waals surface area contributed by atoms with Gasteiger partial charge in [0.05, 0.1) is 5.02 Å². The molecule has 1 aromatic heterocycles. The van der Waals surface area contributed by atoms with Gasteiger partial charge in [-0.25, -0.2) is 9.97 Å². The molecule has 1 aromatic carbocycles. The Morgan fingerprint density at radius 1 is 1.35 bits per heavy atom. The van der Waals surface area contributed by atoms with Crippen LogP contribution in [0.25, 0.3) is 0 Å². The number of aromatic nitrogens is 2. The molecule has 0 bridgehead atoms. The summed E-state index contributed by atoms with van der Waals surface area (Å²) in [6, 6.07) is 7.20. The third-order valence-electron chi connectivity index (χ3n) is 3.77. The molecule has 5 nitrogen and oxygen atoms in total. The Hall–Kier alpha value is -1.41. The summed E-state index contributed by atoms with van der Waals surface area (Å²) in [7, 11) is 0. The van der Waals surface area contributed by atoms with Gasteiger partial charge in [0.1, 0.15) is 0 Å². The fourth-order valence-electron chi connectivity index (χ4n) is 2.64. The molecule has 2 heterocycles. The van der Waals surface area contributed by atoms with E-state index in [1.165, 1.54) is 0 Å². The highest BCUT2D eigenvalue weighted by Gasteiger charge is 2.23. The van der Waals surface area contributed by atoms with E-state index >= 15 is 0 Å². The van der Waals surface area contributed by atoms with Crippen molar-refractivity contribution >= 4 is 46.0 Å². The zero-order chi connectivity index (χ0) is 16.2. The summed E-state index contributed by atoms with van der Waals surface area (Å²) in [5.74, 6) is 0.646. The molecule has 1 amide bonds. The minimum atomic E-state index is -0.0691. The molecule has 1 atom stereocenters. The van der Waals surface area contributed by atoms with Gasteiger partial charge >= 0.3 is 0 Å². The van der Waals surface area contributed by atoms with Gasteiger partial charge in [-0.15, -0.1) is 0 Å². The van der Waals surface area contributed by atoms with E-state index in [1.807, 2.05) is 0 Å². The van der Waals surface area contributed by atoms with Gasteiger partial charge in [0, 0.05) is 40.7 Å². The lowest BCUT2D eigenvalue weighted by molar-refractivity contribution is 0.0933. The second kappa shape index (κ2) is 7.44. The van der Waals surface area contributed by atoms with Crippen LogP contribution in [0.5, 0.6) is 0 Å². The Kier molecular flexibility index (Phi) is 5.32. The first-order valence-corrected chi connectivity index (χ1v) is 8.87. The molecule has 7 heteroatoms. The molecule has 1 fully saturated rings. The quantitative estimate of drug-likeness (QED) is 0.742. The Morgan fingerprint density at radius 3 is 2.87 bits per heavy atom. The lowest BCUT2D eigenvalue weighted by atomic mass is 10.1. The highest BCUT2D eigenvalue weighted by molar-refractivity contribution is 14.1. The smallest absolute Gasteiger partial charge is 0.251 e. The van der Waals surface area contributed by atoms with Crippen LogP contribution >= 0.6 is 34.2 Å². The zero-order valence-corrected chi connectivity index (χ0v) is 15.3. The summed E-state index contributed by atoms with van der Waals surface area (Å²) in [5.41, 5.74) is 0.631. The number of amides is 1. The summed E-state index contributed by atoms with van der Waals surface area (Å²) in [6.45, 7) is 1.63. The van der Waals surface area contributed by atoms with Crippen LogP contribution in [0.2, 0.25) is 5.02 Å². The van der Waals surface area contributed by atoms with Crippen molar-refractivity contribution in [1.29, 1.82) is 0 Å². The maximum atomic E-state index is 12.4. The van der Waals surface area contributed by atoms with E-state index < -0.39 is 0 Å². The van der Waals surface area contributed by atoms with Gasteiger partial charge in [-0.2, -0.15) is 0 Å². The molecular weight excluding hydrogens is 427 g/mol. The molecule has 0 radical (unpaired) electrons. The Labute approximate surface area is 153 Å². The highest BCUT2D eigenvalue weighted by Crippen LogP contribution is 2.20. The Bertz CT molecular complexity index is 698. The molecule has 1 saturated heterocycles. The third kappa shape index (κ3) is 4.11. The number of nitrogens with one attached hydrogen (secondary N) is 1. The number of hydrogen-bond acceptors (Lipinski definition) is 4.